The molecule has 0 aromatic heterocycles. The minimum absolute atomic E-state index is 0.00884. The minimum Gasteiger partial charge on any atom is -0.481 e. The van der Waals surface area contributed by atoms with Gasteiger partial charge in [0, 0.05) is 12.6 Å². The number of amides is 1. The van der Waals surface area contributed by atoms with E-state index < -0.39 is 5.97 Å². The third kappa shape index (κ3) is 2.81. The summed E-state index contributed by atoms with van der Waals surface area (Å²) in [5.74, 6) is -1.03. The van der Waals surface area contributed by atoms with Crippen LogP contribution in [0.1, 0.15) is 25.7 Å². The predicted molar refractivity (Wildman–Crippen MR) is 63.9 cm³/mol. The van der Waals surface area contributed by atoms with Gasteiger partial charge in [0.25, 0.3) is 0 Å². The smallest absolute Gasteiger partial charge is 0.305 e. The highest BCUT2D eigenvalue weighted by molar-refractivity contribution is 5.81. The quantitative estimate of drug-likeness (QED) is 0.730. The van der Waals surface area contributed by atoms with Crippen molar-refractivity contribution in [3.05, 3.63) is 0 Å². The van der Waals surface area contributed by atoms with Crippen molar-refractivity contribution in [3.63, 3.8) is 0 Å². The molecule has 1 aliphatic carbocycles. The van der Waals surface area contributed by atoms with Crippen LogP contribution < -0.4 is 5.73 Å². The van der Waals surface area contributed by atoms with Gasteiger partial charge in [-0.1, -0.05) is 6.42 Å². The summed E-state index contributed by atoms with van der Waals surface area (Å²) in [5, 5.41) is 8.86. The van der Waals surface area contributed by atoms with Crippen molar-refractivity contribution in [1.82, 2.24) is 4.90 Å². The van der Waals surface area contributed by atoms with Crippen LogP contribution in [-0.2, 0) is 14.3 Å². The number of carbonyl (C=O) groups is 2. The number of carbonyl (C=O) groups excluding carboxylic acids is 1. The van der Waals surface area contributed by atoms with Crippen LogP contribution in [0.3, 0.4) is 0 Å². The van der Waals surface area contributed by atoms with E-state index in [4.69, 9.17) is 15.6 Å². The molecule has 0 radical (unpaired) electrons. The lowest BCUT2D eigenvalue weighted by Crippen LogP contribution is -2.53. The fourth-order valence-electron chi connectivity index (χ4n) is 2.82. The number of nitrogens with zero attached hydrogens (tertiary/aromatic N) is 1. The SMILES string of the molecule is NC1CCCC1C(=O)N1CCOCC1CC(=O)O. The van der Waals surface area contributed by atoms with E-state index in [-0.39, 0.29) is 30.3 Å². The molecule has 1 saturated carbocycles. The maximum atomic E-state index is 12.4. The van der Waals surface area contributed by atoms with Crippen molar-refractivity contribution in [3.8, 4) is 0 Å². The van der Waals surface area contributed by atoms with Crippen LogP contribution in [0.15, 0.2) is 0 Å². The number of ether oxygens (including phenoxy) is 1. The standard InChI is InChI=1S/C12H20N2O4/c13-10-3-1-2-9(10)12(17)14-4-5-18-7-8(14)6-11(15)16/h8-10H,1-7,13H2,(H,15,16). The molecule has 2 aliphatic rings. The lowest BCUT2D eigenvalue weighted by Gasteiger charge is -2.37. The molecule has 3 unspecified atom stereocenters. The monoisotopic (exact) mass is 256 g/mol. The van der Waals surface area contributed by atoms with Gasteiger partial charge in [0.1, 0.15) is 0 Å². The topological polar surface area (TPSA) is 92.9 Å². The van der Waals surface area contributed by atoms with Crippen LogP contribution in [0.4, 0.5) is 0 Å². The van der Waals surface area contributed by atoms with Crippen molar-refractivity contribution in [2.24, 2.45) is 11.7 Å². The molecule has 2 rings (SSSR count). The van der Waals surface area contributed by atoms with Crippen molar-refractivity contribution in [1.29, 1.82) is 0 Å². The van der Waals surface area contributed by atoms with Gasteiger partial charge >= 0.3 is 5.97 Å². The lowest BCUT2D eigenvalue weighted by atomic mass is 10.0. The summed E-state index contributed by atoms with van der Waals surface area (Å²) >= 11 is 0. The van der Waals surface area contributed by atoms with Gasteiger partial charge in [-0.2, -0.15) is 0 Å². The van der Waals surface area contributed by atoms with Gasteiger partial charge in [0.05, 0.1) is 31.6 Å². The highest BCUT2D eigenvalue weighted by Gasteiger charge is 2.37. The van der Waals surface area contributed by atoms with Crippen LogP contribution in [0, 0.1) is 5.92 Å². The van der Waals surface area contributed by atoms with Crippen LogP contribution in [0.2, 0.25) is 0 Å². The van der Waals surface area contributed by atoms with Crippen molar-refractivity contribution in [2.45, 2.75) is 37.8 Å². The third-order valence-electron chi connectivity index (χ3n) is 3.81. The van der Waals surface area contributed by atoms with Gasteiger partial charge < -0.3 is 20.5 Å². The van der Waals surface area contributed by atoms with Crippen molar-refractivity contribution >= 4 is 11.9 Å². The molecule has 0 bridgehead atoms. The second-order valence-corrected chi connectivity index (χ2v) is 5.06. The lowest BCUT2D eigenvalue weighted by molar-refractivity contribution is -0.149. The van der Waals surface area contributed by atoms with Gasteiger partial charge in [-0.25, -0.2) is 0 Å². The van der Waals surface area contributed by atoms with E-state index in [0.717, 1.165) is 19.3 Å². The van der Waals surface area contributed by atoms with Crippen LogP contribution in [0.25, 0.3) is 0 Å². The Kier molecular flexibility index (Phi) is 4.19. The zero-order chi connectivity index (χ0) is 13.1. The Morgan fingerprint density at radius 1 is 1.39 bits per heavy atom. The van der Waals surface area contributed by atoms with E-state index in [1.54, 1.807) is 4.90 Å². The van der Waals surface area contributed by atoms with Gasteiger partial charge in [-0.05, 0) is 12.8 Å². The molecule has 3 atom stereocenters. The first-order valence-corrected chi connectivity index (χ1v) is 6.45. The number of hydrogen-bond acceptors (Lipinski definition) is 4. The van der Waals surface area contributed by atoms with E-state index >= 15 is 0 Å². The zero-order valence-corrected chi connectivity index (χ0v) is 10.4. The second kappa shape index (κ2) is 5.67. The number of carboxylic acid groups (broad SMARTS) is 1. The van der Waals surface area contributed by atoms with Crippen LogP contribution in [-0.4, -0.2) is 53.7 Å². The Bertz CT molecular complexity index is 334. The average Bonchev–Trinajstić information content (AvgIpc) is 2.74. The zero-order valence-electron chi connectivity index (χ0n) is 10.4. The largest absolute Gasteiger partial charge is 0.481 e. The Labute approximate surface area is 106 Å². The molecule has 1 amide bonds. The van der Waals surface area contributed by atoms with Gasteiger partial charge in [0.2, 0.25) is 5.91 Å². The van der Waals surface area contributed by atoms with E-state index in [1.165, 1.54) is 0 Å². The Morgan fingerprint density at radius 3 is 2.78 bits per heavy atom. The molecule has 18 heavy (non-hydrogen) atoms. The normalized spacial score (nSPS) is 32.5. The average molecular weight is 256 g/mol. The molecule has 102 valence electrons. The van der Waals surface area contributed by atoms with Crippen molar-refractivity contribution in [2.75, 3.05) is 19.8 Å². The van der Waals surface area contributed by atoms with Gasteiger partial charge in [0.15, 0.2) is 0 Å². The molecule has 6 nitrogen and oxygen atoms in total. The molecule has 3 N–H and O–H groups in total. The van der Waals surface area contributed by atoms with Gasteiger partial charge in [-0.3, -0.25) is 9.59 Å². The molecule has 0 aromatic rings. The summed E-state index contributed by atoms with van der Waals surface area (Å²) < 4.78 is 5.26. The van der Waals surface area contributed by atoms with Gasteiger partial charge in [-0.15, -0.1) is 0 Å². The highest BCUT2D eigenvalue weighted by atomic mass is 16.5. The molecule has 0 spiro atoms. The molecule has 0 aromatic carbocycles. The van der Waals surface area contributed by atoms with Crippen LogP contribution in [0.5, 0.6) is 0 Å². The van der Waals surface area contributed by atoms with E-state index in [1.807, 2.05) is 0 Å². The van der Waals surface area contributed by atoms with E-state index in [2.05, 4.69) is 0 Å². The summed E-state index contributed by atoms with van der Waals surface area (Å²) in [6, 6.07) is -0.428. The number of carboxylic acids is 1. The molecule has 1 aliphatic heterocycles. The number of aliphatic carboxylic acids is 1. The number of nitrogens with two attached hydrogens (primary N) is 1. The number of morpholine rings is 1. The number of hydrogen-bond donors (Lipinski definition) is 2. The Morgan fingerprint density at radius 2 is 2.17 bits per heavy atom. The van der Waals surface area contributed by atoms with Crippen molar-refractivity contribution < 1.29 is 19.4 Å². The second-order valence-electron chi connectivity index (χ2n) is 5.06. The highest BCUT2D eigenvalue weighted by Crippen LogP contribution is 2.27. The summed E-state index contributed by atoms with van der Waals surface area (Å²) in [7, 11) is 0. The first kappa shape index (κ1) is 13.3. The van der Waals surface area contributed by atoms with Crippen LogP contribution >= 0.6 is 0 Å². The maximum Gasteiger partial charge on any atom is 0.305 e. The summed E-state index contributed by atoms with van der Waals surface area (Å²) in [6.07, 6.45) is 2.61. The maximum absolute atomic E-state index is 12.4. The Hall–Kier alpha value is -1.14. The van der Waals surface area contributed by atoms with E-state index in [9.17, 15) is 9.59 Å². The minimum atomic E-state index is -0.904. The molecule has 1 heterocycles. The Balaban J connectivity index is 2.03. The molecule has 2 fully saturated rings. The molecule has 6 heteroatoms. The first-order valence-electron chi connectivity index (χ1n) is 6.45. The summed E-state index contributed by atoms with van der Waals surface area (Å²) in [5.41, 5.74) is 5.94. The summed E-state index contributed by atoms with van der Waals surface area (Å²) in [6.45, 7) is 1.25. The molecular weight excluding hydrogens is 236 g/mol. The van der Waals surface area contributed by atoms with E-state index in [0.29, 0.717) is 19.8 Å². The first-order chi connectivity index (χ1) is 8.59. The summed E-state index contributed by atoms with van der Waals surface area (Å²) in [4.78, 5) is 24.9. The predicted octanol–water partition coefficient (Wildman–Crippen LogP) is -0.184. The number of rotatable bonds is 3. The third-order valence-corrected chi connectivity index (χ3v) is 3.81. The molecule has 1 saturated heterocycles. The fraction of sp³-hybridized carbons (Fsp3) is 0.833. The molecular formula is C12H20N2O4. The fourth-order valence-corrected chi connectivity index (χ4v) is 2.82.